The zero-order valence-corrected chi connectivity index (χ0v) is 28.9. The minimum Gasteiger partial charge on any atom is -0.480 e. The molecule has 0 aromatic carbocycles. The molecule has 0 radical (unpaired) electrons. The van der Waals surface area contributed by atoms with Crippen molar-refractivity contribution in [1.29, 1.82) is 0 Å². The second-order valence-corrected chi connectivity index (χ2v) is 12.1. The highest BCUT2D eigenvalue weighted by Crippen LogP contribution is 2.07. The van der Waals surface area contributed by atoms with Gasteiger partial charge in [0.25, 0.3) is 0 Å². The molecule has 296 valence electrons. The van der Waals surface area contributed by atoms with E-state index in [0.29, 0.717) is 17.1 Å². The molecule has 0 fully saturated rings. The number of imidazole rings is 3. The van der Waals surface area contributed by atoms with Gasteiger partial charge in [0.1, 0.15) is 30.2 Å². The lowest BCUT2D eigenvalue weighted by atomic mass is 10.1. The average Bonchev–Trinajstić information content (AvgIpc) is 3.91. The number of nitrogens with one attached hydrogen (secondary N) is 8. The number of aromatic nitrogens is 6. The van der Waals surface area contributed by atoms with Crippen LogP contribution in [0.3, 0.4) is 0 Å². The van der Waals surface area contributed by atoms with E-state index in [2.05, 4.69) is 56.5 Å². The van der Waals surface area contributed by atoms with Crippen molar-refractivity contribution in [3.63, 3.8) is 0 Å². The number of carbonyl (C=O) groups is 9. The van der Waals surface area contributed by atoms with Gasteiger partial charge in [0.2, 0.25) is 47.3 Å². The maximum absolute atomic E-state index is 13.8. The number of primary amides is 3. The van der Waals surface area contributed by atoms with Gasteiger partial charge in [0, 0.05) is 54.9 Å². The number of aromatic amines is 3. The van der Waals surface area contributed by atoms with Crippen LogP contribution in [0.2, 0.25) is 0 Å². The van der Waals surface area contributed by atoms with Crippen LogP contribution < -0.4 is 49.5 Å². The predicted octanol–water partition coefficient (Wildman–Crippen LogP) is -6.65. The molecule has 6 atom stereocenters. The Kier molecular flexibility index (Phi) is 15.5. The summed E-state index contributed by atoms with van der Waals surface area (Å²) in [5, 5.41) is 20.9. The number of H-pyrrole nitrogens is 3. The van der Waals surface area contributed by atoms with Crippen molar-refractivity contribution in [1.82, 2.24) is 56.5 Å². The topological polar surface area (TPSA) is 424 Å². The van der Waals surface area contributed by atoms with Crippen molar-refractivity contribution < 1.29 is 48.3 Å². The number of rotatable bonds is 23. The third kappa shape index (κ3) is 14.0. The normalized spacial score (nSPS) is 14.1. The van der Waals surface area contributed by atoms with Crippen LogP contribution in [-0.2, 0) is 62.4 Å². The highest BCUT2D eigenvalue weighted by Gasteiger charge is 2.34. The van der Waals surface area contributed by atoms with Crippen LogP contribution in [0.5, 0.6) is 0 Å². The Morgan fingerprint density at radius 2 is 0.818 bits per heavy atom. The molecule has 0 aliphatic heterocycles. The molecular formula is C30H41N15O10. The first-order valence-corrected chi connectivity index (χ1v) is 16.3. The zero-order chi connectivity index (χ0) is 40.7. The molecule has 0 saturated carbocycles. The van der Waals surface area contributed by atoms with Gasteiger partial charge in [0.15, 0.2) is 0 Å². The number of aliphatic carboxylic acids is 1. The molecule has 25 heteroatoms. The van der Waals surface area contributed by atoms with Crippen LogP contribution in [0.1, 0.15) is 36.3 Å². The minimum atomic E-state index is -1.79. The molecule has 0 aliphatic carbocycles. The third-order valence-electron chi connectivity index (χ3n) is 7.65. The molecule has 17 N–H and O–H groups in total. The predicted molar refractivity (Wildman–Crippen MR) is 184 cm³/mol. The summed E-state index contributed by atoms with van der Waals surface area (Å²) in [5.74, 6) is -9.93. The van der Waals surface area contributed by atoms with Crippen molar-refractivity contribution in [2.75, 3.05) is 0 Å². The lowest BCUT2D eigenvalue weighted by Gasteiger charge is -2.26. The molecule has 0 saturated heterocycles. The molecule has 8 amide bonds. The Hall–Kier alpha value is -7.18. The second-order valence-electron chi connectivity index (χ2n) is 12.1. The fraction of sp³-hybridized carbons (Fsp3) is 0.400. The Morgan fingerprint density at radius 3 is 1.16 bits per heavy atom. The Labute approximate surface area is 310 Å². The largest absolute Gasteiger partial charge is 0.480 e. The van der Waals surface area contributed by atoms with Crippen LogP contribution in [0, 0.1) is 0 Å². The van der Waals surface area contributed by atoms with Gasteiger partial charge in [-0.3, -0.25) is 38.4 Å². The van der Waals surface area contributed by atoms with Crippen molar-refractivity contribution in [3.8, 4) is 0 Å². The number of nitrogens with two attached hydrogens (primary N) is 4. The number of carbonyl (C=O) groups excluding carboxylic acids is 8. The highest BCUT2D eigenvalue weighted by molar-refractivity contribution is 5.99. The van der Waals surface area contributed by atoms with Crippen LogP contribution in [0.15, 0.2) is 37.6 Å². The van der Waals surface area contributed by atoms with Gasteiger partial charge in [-0.25, -0.2) is 19.7 Å². The fourth-order valence-corrected chi connectivity index (χ4v) is 4.97. The summed E-state index contributed by atoms with van der Waals surface area (Å²) < 4.78 is 0. The molecule has 55 heavy (non-hydrogen) atoms. The quantitative estimate of drug-likeness (QED) is 0.0426. The summed E-state index contributed by atoms with van der Waals surface area (Å²) in [4.78, 5) is 134. The SMILES string of the molecule is NC(=O)C[C@H](NC(=O)[C@H](Cc1cnc[nH]1)NC(=O)[C@H](CC(N)=O)NC(=O)[C@H](Cc1cnc[nH]1)NC(=O)[C@H](CC(N)=O)NC(=O)[C@@H](N)Cc1cnc[nH]1)C(=O)O. The Balaban J connectivity index is 1.83. The highest BCUT2D eigenvalue weighted by atomic mass is 16.4. The van der Waals surface area contributed by atoms with Crippen LogP contribution in [0.4, 0.5) is 0 Å². The Morgan fingerprint density at radius 1 is 0.509 bits per heavy atom. The van der Waals surface area contributed by atoms with Crippen LogP contribution in [0.25, 0.3) is 0 Å². The molecule has 3 aromatic rings. The number of hydrogen-bond donors (Lipinski definition) is 13. The number of carboxylic acid groups (broad SMARTS) is 1. The summed E-state index contributed by atoms with van der Waals surface area (Å²) >= 11 is 0. The summed E-state index contributed by atoms with van der Waals surface area (Å²) in [6, 6.07) is -9.52. The van der Waals surface area contributed by atoms with E-state index >= 15 is 0 Å². The molecule has 0 spiro atoms. The summed E-state index contributed by atoms with van der Waals surface area (Å²) in [5.41, 5.74) is 22.8. The van der Waals surface area contributed by atoms with E-state index in [1.54, 1.807) is 0 Å². The van der Waals surface area contributed by atoms with Gasteiger partial charge >= 0.3 is 5.97 Å². The van der Waals surface area contributed by atoms with Crippen LogP contribution >= 0.6 is 0 Å². The molecule has 3 aromatic heterocycles. The molecule has 25 nitrogen and oxygen atoms in total. The average molecular weight is 772 g/mol. The van der Waals surface area contributed by atoms with Crippen molar-refractivity contribution in [3.05, 3.63) is 54.7 Å². The fourth-order valence-electron chi connectivity index (χ4n) is 4.97. The standard InChI is InChI=1S/C30H41N15O10/c31-16(1-13-7-35-10-38-13)25(49)41-19(4-22(32)46)28(52)42-17(2-14-8-36-11-39-14)26(50)44-20(5-23(33)47)29(53)43-18(3-15-9-37-12-40-15)27(51)45-21(30(54)55)6-24(34)48/h7-12,16-21H,1-6,31H2,(H2,32,46)(H2,33,47)(H2,34,48)(H,35,38)(H,36,39)(H,37,40)(H,41,49)(H,42,52)(H,43,53)(H,44,50)(H,45,51)(H,54,55)/t16-,17-,18-,19-,20-,21-/m0/s1. The minimum absolute atomic E-state index is 0.0111. The van der Waals surface area contributed by atoms with E-state index < -0.39 is 109 Å². The maximum Gasteiger partial charge on any atom is 0.326 e. The Bertz CT molecular complexity index is 1810. The van der Waals surface area contributed by atoms with Gasteiger partial charge in [-0.05, 0) is 0 Å². The van der Waals surface area contributed by atoms with E-state index in [4.69, 9.17) is 22.9 Å². The van der Waals surface area contributed by atoms with Gasteiger partial charge in [-0.1, -0.05) is 0 Å². The number of carboxylic acids is 1. The zero-order valence-electron chi connectivity index (χ0n) is 28.9. The van der Waals surface area contributed by atoms with Crippen molar-refractivity contribution >= 4 is 53.2 Å². The van der Waals surface area contributed by atoms with Crippen molar-refractivity contribution in [2.24, 2.45) is 22.9 Å². The van der Waals surface area contributed by atoms with Crippen molar-refractivity contribution in [2.45, 2.75) is 74.8 Å². The lowest BCUT2D eigenvalue weighted by molar-refractivity contribution is -0.143. The van der Waals surface area contributed by atoms with Crippen LogP contribution in [-0.4, -0.2) is 124 Å². The lowest BCUT2D eigenvalue weighted by Crippen LogP contribution is -2.60. The van der Waals surface area contributed by atoms with E-state index in [0.717, 1.165) is 0 Å². The van der Waals surface area contributed by atoms with Gasteiger partial charge < -0.3 is 69.6 Å². The van der Waals surface area contributed by atoms with E-state index in [9.17, 15) is 48.3 Å². The third-order valence-corrected chi connectivity index (χ3v) is 7.65. The first-order chi connectivity index (χ1) is 26.0. The number of hydrogen-bond acceptors (Lipinski definition) is 13. The molecule has 0 unspecified atom stereocenters. The van der Waals surface area contributed by atoms with E-state index in [-0.39, 0.29) is 19.3 Å². The summed E-state index contributed by atoms with van der Waals surface area (Å²) in [6.07, 6.45) is 5.02. The smallest absolute Gasteiger partial charge is 0.326 e. The second kappa shape index (κ2) is 20.2. The van der Waals surface area contributed by atoms with E-state index in [1.165, 1.54) is 37.6 Å². The summed E-state index contributed by atoms with van der Waals surface area (Å²) in [7, 11) is 0. The molecule has 0 bridgehead atoms. The number of nitrogens with zero attached hydrogens (tertiary/aromatic N) is 3. The van der Waals surface area contributed by atoms with Gasteiger partial charge in [0.05, 0.1) is 44.3 Å². The van der Waals surface area contributed by atoms with Gasteiger partial charge in [-0.15, -0.1) is 0 Å². The molecule has 3 heterocycles. The first kappa shape index (κ1) is 42.2. The molecular weight excluding hydrogens is 730 g/mol. The molecule has 3 rings (SSSR count). The maximum atomic E-state index is 13.8. The summed E-state index contributed by atoms with van der Waals surface area (Å²) in [6.45, 7) is 0. The molecule has 0 aliphatic rings. The first-order valence-electron chi connectivity index (χ1n) is 16.3. The monoisotopic (exact) mass is 771 g/mol. The van der Waals surface area contributed by atoms with E-state index in [1.807, 2.05) is 0 Å². The number of amides is 8. The van der Waals surface area contributed by atoms with Gasteiger partial charge in [-0.2, -0.15) is 0 Å².